The Hall–Kier alpha value is -4.26. The number of hydrogen-bond acceptors (Lipinski definition) is 6. The molecule has 0 bridgehead atoms. The minimum Gasteiger partial charge on any atom is -0.507 e. The summed E-state index contributed by atoms with van der Waals surface area (Å²) in [5.41, 5.74) is 3.06. The number of nitrogens with zero attached hydrogens (tertiary/aromatic N) is 1. The Morgan fingerprint density at radius 1 is 0.973 bits per heavy atom. The second kappa shape index (κ2) is 9.32. The highest BCUT2D eigenvalue weighted by Gasteiger charge is 2.46. The number of carbonyl (C=O) groups excluding carboxylic acids is 2. The van der Waals surface area contributed by atoms with E-state index < -0.39 is 17.7 Å². The molecular formula is C30H29NO6. The smallest absolute Gasteiger partial charge is 0.295 e. The lowest BCUT2D eigenvalue weighted by Gasteiger charge is -2.26. The predicted molar refractivity (Wildman–Crippen MR) is 139 cm³/mol. The molecule has 1 atom stereocenters. The number of ether oxygens (including phenoxy) is 3. The zero-order chi connectivity index (χ0) is 26.3. The number of hydrogen-bond donors (Lipinski definition) is 1. The number of amides is 1. The maximum absolute atomic E-state index is 13.4. The predicted octanol–water partition coefficient (Wildman–Crippen LogP) is 5.34. The van der Waals surface area contributed by atoms with Gasteiger partial charge in [-0.2, -0.15) is 0 Å². The quantitative estimate of drug-likeness (QED) is 0.290. The van der Waals surface area contributed by atoms with Crippen molar-refractivity contribution in [3.8, 4) is 17.2 Å². The molecule has 1 unspecified atom stereocenters. The van der Waals surface area contributed by atoms with Gasteiger partial charge in [-0.05, 0) is 52.4 Å². The van der Waals surface area contributed by atoms with Gasteiger partial charge in [-0.15, -0.1) is 0 Å². The summed E-state index contributed by atoms with van der Waals surface area (Å²) >= 11 is 0. The molecule has 0 aliphatic carbocycles. The summed E-state index contributed by atoms with van der Waals surface area (Å²) in [5.74, 6) is 0.0895. The van der Waals surface area contributed by atoms with Crippen LogP contribution < -0.4 is 14.2 Å². The average molecular weight is 500 g/mol. The van der Waals surface area contributed by atoms with E-state index >= 15 is 0 Å². The van der Waals surface area contributed by atoms with Gasteiger partial charge in [0.2, 0.25) is 6.79 Å². The molecule has 0 radical (unpaired) electrons. The molecule has 2 heterocycles. The highest BCUT2D eigenvalue weighted by molar-refractivity contribution is 6.46. The van der Waals surface area contributed by atoms with Gasteiger partial charge in [-0.1, -0.05) is 57.2 Å². The van der Waals surface area contributed by atoms with Gasteiger partial charge in [-0.3, -0.25) is 9.59 Å². The number of ketones is 1. The van der Waals surface area contributed by atoms with Crippen LogP contribution in [0.1, 0.15) is 49.1 Å². The molecule has 1 N–H and O–H groups in total. The first kappa shape index (κ1) is 24.4. The van der Waals surface area contributed by atoms with Crippen LogP contribution in [0.5, 0.6) is 17.2 Å². The minimum absolute atomic E-state index is 0.0425. The number of rotatable bonds is 5. The molecule has 1 amide bonds. The Kier molecular flexibility index (Phi) is 6.15. The Morgan fingerprint density at radius 3 is 2.30 bits per heavy atom. The second-order valence-electron chi connectivity index (χ2n) is 10.2. The molecule has 0 spiro atoms. The first-order valence-corrected chi connectivity index (χ1v) is 12.1. The molecular weight excluding hydrogens is 470 g/mol. The highest BCUT2D eigenvalue weighted by atomic mass is 16.7. The van der Waals surface area contributed by atoms with Gasteiger partial charge in [0.15, 0.2) is 11.5 Å². The standard InChI is InChI=1S/C30H29NO6/c1-30(2,3)21-10-7-19(8-11-21)26-25(27(32)20-9-14-23-24(15-20)37-17-36-23)28(33)29(34)31(26)16-18-5-12-22(35-4)13-6-18/h5-15,26,32H,16-17H2,1-4H3/b27-25-. The van der Waals surface area contributed by atoms with E-state index in [2.05, 4.69) is 20.8 Å². The molecule has 5 rings (SSSR count). The fraction of sp³-hybridized carbons (Fsp3) is 0.267. The highest BCUT2D eigenvalue weighted by Crippen LogP contribution is 2.42. The minimum atomic E-state index is -0.762. The zero-order valence-corrected chi connectivity index (χ0v) is 21.3. The molecule has 190 valence electrons. The summed E-state index contributed by atoms with van der Waals surface area (Å²) in [6, 6.07) is 19.4. The lowest BCUT2D eigenvalue weighted by molar-refractivity contribution is -0.140. The number of aliphatic hydroxyl groups excluding tert-OH is 1. The van der Waals surface area contributed by atoms with Crippen LogP contribution in [0.25, 0.3) is 5.76 Å². The third-order valence-corrected chi connectivity index (χ3v) is 6.79. The molecule has 37 heavy (non-hydrogen) atoms. The largest absolute Gasteiger partial charge is 0.507 e. The third-order valence-electron chi connectivity index (χ3n) is 6.79. The maximum Gasteiger partial charge on any atom is 0.295 e. The van der Waals surface area contributed by atoms with Gasteiger partial charge in [0.25, 0.3) is 11.7 Å². The second-order valence-corrected chi connectivity index (χ2v) is 10.2. The fourth-order valence-corrected chi connectivity index (χ4v) is 4.68. The normalized spacial score (nSPS) is 18.4. The van der Waals surface area contributed by atoms with Crippen LogP contribution >= 0.6 is 0 Å². The summed E-state index contributed by atoms with van der Waals surface area (Å²) < 4.78 is 16.1. The first-order valence-electron chi connectivity index (χ1n) is 12.1. The molecule has 1 fully saturated rings. The number of benzene rings is 3. The number of carbonyl (C=O) groups is 2. The van der Waals surface area contributed by atoms with E-state index in [9.17, 15) is 14.7 Å². The molecule has 7 heteroatoms. The van der Waals surface area contributed by atoms with Crippen LogP contribution in [0, 0.1) is 0 Å². The topological polar surface area (TPSA) is 85.3 Å². The Morgan fingerprint density at radius 2 is 1.65 bits per heavy atom. The Labute approximate surface area is 215 Å². The van der Waals surface area contributed by atoms with E-state index in [1.54, 1.807) is 25.3 Å². The van der Waals surface area contributed by atoms with Gasteiger partial charge in [0, 0.05) is 12.1 Å². The summed E-state index contributed by atoms with van der Waals surface area (Å²) in [7, 11) is 1.59. The number of aliphatic hydroxyl groups is 1. The lowest BCUT2D eigenvalue weighted by Crippen LogP contribution is -2.29. The Balaban J connectivity index is 1.61. The van der Waals surface area contributed by atoms with Crippen LogP contribution in [-0.2, 0) is 21.5 Å². The first-order chi connectivity index (χ1) is 17.7. The average Bonchev–Trinajstić information content (AvgIpc) is 3.46. The van der Waals surface area contributed by atoms with Crippen molar-refractivity contribution >= 4 is 17.4 Å². The van der Waals surface area contributed by atoms with E-state index in [4.69, 9.17) is 14.2 Å². The van der Waals surface area contributed by atoms with Gasteiger partial charge in [0.1, 0.15) is 11.5 Å². The van der Waals surface area contributed by atoms with E-state index in [1.165, 1.54) is 4.90 Å². The maximum atomic E-state index is 13.4. The summed E-state index contributed by atoms with van der Waals surface area (Å²) in [4.78, 5) is 28.2. The SMILES string of the molecule is COc1ccc(CN2C(=O)C(=O)/C(=C(\O)c3ccc4c(c3)OCO4)C2c2ccc(C(C)(C)C)cc2)cc1. The number of Topliss-reactive ketones (excluding diaryl/α,β-unsaturated/α-hetero) is 1. The van der Waals surface area contributed by atoms with Crippen molar-refractivity contribution in [3.05, 3.63) is 94.6 Å². The van der Waals surface area contributed by atoms with E-state index in [0.29, 0.717) is 22.8 Å². The number of likely N-dealkylation sites (tertiary alicyclic amines) is 1. The summed E-state index contributed by atoms with van der Waals surface area (Å²) in [6.45, 7) is 6.65. The van der Waals surface area contributed by atoms with Crippen molar-refractivity contribution in [1.82, 2.24) is 4.90 Å². The zero-order valence-electron chi connectivity index (χ0n) is 21.3. The van der Waals surface area contributed by atoms with Crippen LogP contribution in [-0.4, -0.2) is 35.6 Å². The molecule has 3 aromatic rings. The number of methoxy groups -OCH3 is 1. The molecule has 1 saturated heterocycles. The van der Waals surface area contributed by atoms with Crippen molar-refractivity contribution in [2.24, 2.45) is 0 Å². The van der Waals surface area contributed by atoms with Crippen LogP contribution in [0.3, 0.4) is 0 Å². The molecule has 3 aromatic carbocycles. The van der Waals surface area contributed by atoms with Gasteiger partial charge in [0.05, 0.1) is 18.7 Å². The summed E-state index contributed by atoms with van der Waals surface area (Å²) in [6.07, 6.45) is 0. The van der Waals surface area contributed by atoms with E-state index in [0.717, 1.165) is 16.7 Å². The molecule has 0 aromatic heterocycles. The van der Waals surface area contributed by atoms with Gasteiger partial charge < -0.3 is 24.2 Å². The lowest BCUT2D eigenvalue weighted by atomic mass is 9.85. The molecule has 7 nitrogen and oxygen atoms in total. The monoisotopic (exact) mass is 499 g/mol. The Bertz CT molecular complexity index is 1380. The van der Waals surface area contributed by atoms with Crippen LogP contribution in [0.2, 0.25) is 0 Å². The molecule has 0 saturated carbocycles. The van der Waals surface area contributed by atoms with Gasteiger partial charge in [-0.25, -0.2) is 0 Å². The van der Waals surface area contributed by atoms with Crippen molar-refractivity contribution in [1.29, 1.82) is 0 Å². The fourth-order valence-electron chi connectivity index (χ4n) is 4.68. The van der Waals surface area contributed by atoms with Crippen LogP contribution in [0.4, 0.5) is 0 Å². The van der Waals surface area contributed by atoms with Crippen molar-refractivity contribution in [2.75, 3.05) is 13.9 Å². The van der Waals surface area contributed by atoms with Crippen molar-refractivity contribution in [2.45, 2.75) is 38.8 Å². The summed E-state index contributed by atoms with van der Waals surface area (Å²) in [5, 5.41) is 11.4. The van der Waals surface area contributed by atoms with Crippen molar-refractivity contribution in [3.63, 3.8) is 0 Å². The van der Waals surface area contributed by atoms with E-state index in [-0.39, 0.29) is 30.1 Å². The molecule has 2 aliphatic heterocycles. The van der Waals surface area contributed by atoms with Crippen molar-refractivity contribution < 1.29 is 28.9 Å². The van der Waals surface area contributed by atoms with Crippen LogP contribution in [0.15, 0.2) is 72.3 Å². The number of fused-ring (bicyclic) bond motifs is 1. The van der Waals surface area contributed by atoms with E-state index in [1.807, 2.05) is 48.5 Å². The molecule has 2 aliphatic rings. The van der Waals surface area contributed by atoms with Gasteiger partial charge >= 0.3 is 0 Å². The third kappa shape index (κ3) is 4.53.